The first kappa shape index (κ1) is 13.9. The van der Waals surface area contributed by atoms with E-state index >= 15 is 0 Å². The third-order valence-corrected chi connectivity index (χ3v) is 4.62. The lowest BCUT2D eigenvalue weighted by atomic mass is 10.1. The molecule has 3 aromatic carbocycles. The van der Waals surface area contributed by atoms with E-state index < -0.39 is 0 Å². The smallest absolute Gasteiger partial charge is 0.196 e. The Labute approximate surface area is 144 Å². The van der Waals surface area contributed by atoms with Crippen LogP contribution >= 0.6 is 0 Å². The van der Waals surface area contributed by atoms with Crippen LogP contribution in [-0.2, 0) is 0 Å². The molecular weight excluding hydrogens is 308 g/mol. The maximum absolute atomic E-state index is 13.3. The number of hydrogen-bond acceptors (Lipinski definition) is 1. The van der Waals surface area contributed by atoms with Gasteiger partial charge in [0, 0.05) is 10.9 Å². The minimum Gasteiger partial charge on any atom is -0.196 e. The van der Waals surface area contributed by atoms with Gasteiger partial charge in [0.05, 0.1) is 5.39 Å². The molecule has 0 aliphatic heterocycles. The Bertz CT molecular complexity index is 1240. The lowest BCUT2D eigenvalue weighted by Gasteiger charge is -2.03. The molecule has 0 radical (unpaired) electrons. The highest BCUT2D eigenvalue weighted by atomic mass is 16.1. The van der Waals surface area contributed by atoms with Crippen molar-refractivity contribution in [2.45, 2.75) is 0 Å². The number of benzene rings is 3. The number of nitrogens with zero attached hydrogens (tertiary/aromatic N) is 2. The van der Waals surface area contributed by atoms with E-state index in [0.717, 1.165) is 33.2 Å². The van der Waals surface area contributed by atoms with Crippen LogP contribution in [0.15, 0.2) is 95.9 Å². The highest BCUT2D eigenvalue weighted by molar-refractivity contribution is 5.98. The first-order valence-corrected chi connectivity index (χ1v) is 8.26. The van der Waals surface area contributed by atoms with E-state index in [4.69, 9.17) is 0 Å². The van der Waals surface area contributed by atoms with E-state index in [2.05, 4.69) is 18.2 Å². The zero-order chi connectivity index (χ0) is 16.8. The molecule has 0 bridgehead atoms. The van der Waals surface area contributed by atoms with E-state index in [9.17, 15) is 4.79 Å². The molecule has 25 heavy (non-hydrogen) atoms. The monoisotopic (exact) mass is 323 g/mol. The van der Waals surface area contributed by atoms with Crippen LogP contribution in [0.5, 0.6) is 0 Å². The van der Waals surface area contributed by atoms with E-state index in [0.29, 0.717) is 0 Å². The summed E-state index contributed by atoms with van der Waals surface area (Å²) in [6.07, 6.45) is 1.93. The van der Waals surface area contributed by atoms with Crippen molar-refractivity contribution >= 4 is 16.3 Å². The average molecular weight is 323 g/mol. The Morgan fingerprint density at radius 2 is 1.40 bits per heavy atom. The Morgan fingerprint density at radius 1 is 0.720 bits per heavy atom. The summed E-state index contributed by atoms with van der Waals surface area (Å²) in [5.74, 6) is 0. The second-order valence-electron chi connectivity index (χ2n) is 6.13. The first-order valence-electron chi connectivity index (χ1n) is 8.26. The third kappa shape index (κ3) is 2.06. The predicted octanol–water partition coefficient (Wildman–Crippen LogP) is 3.83. The van der Waals surface area contributed by atoms with Crippen LogP contribution in [0.4, 0.5) is 0 Å². The second-order valence-corrected chi connectivity index (χ2v) is 6.13. The molecule has 0 fully saturated rings. The average Bonchev–Trinajstić information content (AvgIpc) is 3.07. The van der Waals surface area contributed by atoms with Crippen LogP contribution in [0.3, 0.4) is 0 Å². The largest absolute Gasteiger partial charge is 0.508 e. The molecule has 3 heteroatoms. The van der Waals surface area contributed by atoms with Crippen molar-refractivity contribution in [3.63, 3.8) is 0 Å². The van der Waals surface area contributed by atoms with Crippen LogP contribution < -0.4 is 10.3 Å². The standard InChI is InChI=1S/C22H15N2O/c25-22-23(19-12-5-2-6-13-19)15-18-11-7-10-17-14-20(24(22)21(17)18)16-8-3-1-4-9-16/h1-15H/q+1. The molecule has 5 rings (SSSR count). The molecule has 0 atom stereocenters. The fraction of sp³-hybridized carbons (Fsp3) is 0. The van der Waals surface area contributed by atoms with Gasteiger partial charge in [0.15, 0.2) is 5.52 Å². The second kappa shape index (κ2) is 5.28. The van der Waals surface area contributed by atoms with Gasteiger partial charge in [-0.2, -0.15) is 13.8 Å². The normalized spacial score (nSPS) is 11.4. The molecule has 0 N–H and O–H groups in total. The molecule has 0 amide bonds. The van der Waals surface area contributed by atoms with Crippen LogP contribution in [0, 0.1) is 0 Å². The lowest BCUT2D eigenvalue weighted by molar-refractivity contribution is -0.614. The SMILES string of the molecule is O=c1n2c(-c3ccccc3)cc3cccc(c[n+]1-c1ccccc1)c32. The van der Waals surface area contributed by atoms with Crippen molar-refractivity contribution in [1.82, 2.24) is 4.40 Å². The molecule has 0 spiro atoms. The van der Waals surface area contributed by atoms with E-state index in [1.165, 1.54) is 0 Å². The van der Waals surface area contributed by atoms with Crippen molar-refractivity contribution in [3.05, 3.63) is 102 Å². The Hall–Kier alpha value is -3.46. The van der Waals surface area contributed by atoms with Gasteiger partial charge < -0.3 is 0 Å². The molecule has 0 saturated heterocycles. The molecule has 3 nitrogen and oxygen atoms in total. The highest BCUT2D eigenvalue weighted by Gasteiger charge is 2.23. The number of para-hydroxylation sites is 2. The number of aromatic nitrogens is 2. The summed E-state index contributed by atoms with van der Waals surface area (Å²) in [6.45, 7) is 0. The summed E-state index contributed by atoms with van der Waals surface area (Å²) >= 11 is 0. The zero-order valence-corrected chi connectivity index (χ0v) is 13.5. The van der Waals surface area contributed by atoms with Gasteiger partial charge in [0.2, 0.25) is 0 Å². The molecule has 0 saturated carbocycles. The molecule has 0 unspecified atom stereocenters. The molecule has 2 aromatic heterocycles. The van der Waals surface area contributed by atoms with Gasteiger partial charge in [-0.1, -0.05) is 60.7 Å². The van der Waals surface area contributed by atoms with Crippen LogP contribution in [-0.4, -0.2) is 4.40 Å². The Morgan fingerprint density at radius 3 is 2.16 bits per heavy atom. The zero-order valence-electron chi connectivity index (χ0n) is 13.5. The van der Waals surface area contributed by atoms with Gasteiger partial charge in [-0.05, 0) is 24.3 Å². The molecule has 5 aromatic rings. The molecule has 0 aliphatic rings. The first-order chi connectivity index (χ1) is 12.3. The van der Waals surface area contributed by atoms with Gasteiger partial charge in [0.25, 0.3) is 0 Å². The summed E-state index contributed by atoms with van der Waals surface area (Å²) in [7, 11) is 0. The lowest BCUT2D eigenvalue weighted by Crippen LogP contribution is -2.50. The van der Waals surface area contributed by atoms with E-state index in [1.54, 1.807) is 4.57 Å². The maximum atomic E-state index is 13.3. The molecular formula is C22H15N2O+. The molecule has 0 aliphatic carbocycles. The van der Waals surface area contributed by atoms with Crippen molar-refractivity contribution in [3.8, 4) is 16.9 Å². The van der Waals surface area contributed by atoms with Gasteiger partial charge in [-0.25, -0.2) is 0 Å². The van der Waals surface area contributed by atoms with Crippen molar-refractivity contribution in [1.29, 1.82) is 0 Å². The fourth-order valence-electron chi connectivity index (χ4n) is 3.49. The summed E-state index contributed by atoms with van der Waals surface area (Å²) in [6, 6.07) is 28.0. The van der Waals surface area contributed by atoms with Gasteiger partial charge in [0.1, 0.15) is 17.6 Å². The van der Waals surface area contributed by atoms with Crippen LogP contribution in [0.2, 0.25) is 0 Å². The minimum atomic E-state index is -0.0567. The third-order valence-electron chi connectivity index (χ3n) is 4.62. The van der Waals surface area contributed by atoms with Crippen LogP contribution in [0.1, 0.15) is 0 Å². The quantitative estimate of drug-likeness (QED) is 0.453. The van der Waals surface area contributed by atoms with Crippen molar-refractivity contribution in [2.75, 3.05) is 0 Å². The Balaban J connectivity index is 1.95. The van der Waals surface area contributed by atoms with Gasteiger partial charge in [-0.15, -0.1) is 0 Å². The minimum absolute atomic E-state index is 0.0567. The van der Waals surface area contributed by atoms with Gasteiger partial charge in [-0.3, -0.25) is 0 Å². The highest BCUT2D eigenvalue weighted by Crippen LogP contribution is 2.28. The predicted molar refractivity (Wildman–Crippen MR) is 99.3 cm³/mol. The number of hydrogen-bond donors (Lipinski definition) is 0. The Kier molecular flexibility index (Phi) is 2.94. The summed E-state index contributed by atoms with van der Waals surface area (Å²) in [5, 5.41) is 2.12. The summed E-state index contributed by atoms with van der Waals surface area (Å²) < 4.78 is 3.54. The molecule has 2 heterocycles. The maximum Gasteiger partial charge on any atom is 0.508 e. The van der Waals surface area contributed by atoms with Crippen LogP contribution in [0.25, 0.3) is 33.2 Å². The summed E-state index contributed by atoms with van der Waals surface area (Å²) in [5.41, 5.74) is 3.73. The summed E-state index contributed by atoms with van der Waals surface area (Å²) in [4.78, 5) is 13.3. The van der Waals surface area contributed by atoms with Crippen molar-refractivity contribution < 1.29 is 4.57 Å². The fourth-order valence-corrected chi connectivity index (χ4v) is 3.49. The van der Waals surface area contributed by atoms with Crippen molar-refractivity contribution in [2.24, 2.45) is 0 Å². The molecule has 118 valence electrons. The van der Waals surface area contributed by atoms with E-state index in [-0.39, 0.29) is 5.69 Å². The number of rotatable bonds is 2. The van der Waals surface area contributed by atoms with Gasteiger partial charge >= 0.3 is 5.69 Å². The topological polar surface area (TPSA) is 25.4 Å². The van der Waals surface area contributed by atoms with E-state index in [1.807, 2.05) is 77.3 Å².